The van der Waals surface area contributed by atoms with Crippen molar-refractivity contribution in [1.29, 1.82) is 0 Å². The second kappa shape index (κ2) is 4.65. The van der Waals surface area contributed by atoms with Gasteiger partial charge in [0.05, 0.1) is 15.9 Å². The fourth-order valence-corrected chi connectivity index (χ4v) is 1.85. The van der Waals surface area contributed by atoms with E-state index in [4.69, 9.17) is 4.52 Å². The molecule has 2 aromatic rings. The number of nitrogens with one attached hydrogen (secondary N) is 1. The largest absolute Gasteiger partial charge is 0.380 e. The van der Waals surface area contributed by atoms with E-state index in [1.807, 2.05) is 19.9 Å². The Bertz CT molecular complexity index is 476. The Morgan fingerprint density at radius 2 is 2.25 bits per heavy atom. The van der Waals surface area contributed by atoms with E-state index in [0.717, 1.165) is 27.2 Å². The van der Waals surface area contributed by atoms with Crippen molar-refractivity contribution < 1.29 is 4.52 Å². The molecule has 0 saturated carbocycles. The first-order valence-electron chi connectivity index (χ1n) is 4.93. The zero-order chi connectivity index (χ0) is 11.5. The Morgan fingerprint density at radius 3 is 2.88 bits per heavy atom. The average molecular weight is 282 g/mol. The van der Waals surface area contributed by atoms with Gasteiger partial charge < -0.3 is 9.84 Å². The van der Waals surface area contributed by atoms with Crippen LogP contribution in [0.15, 0.2) is 27.5 Å². The maximum absolute atomic E-state index is 5.10. The van der Waals surface area contributed by atoms with Crippen LogP contribution in [0.3, 0.4) is 0 Å². The minimum Gasteiger partial charge on any atom is -0.380 e. The predicted octanol–water partition coefficient (Wildman–Crippen LogP) is 3.06. The standard InChI is InChI=1S/C11H12BrN3O/c1-7-9(8(2)16-15-7)5-14-11-3-4-13-6-10(11)12/h3-4,6H,5H2,1-2H3,(H,13,14). The lowest BCUT2D eigenvalue weighted by Crippen LogP contribution is -2.02. The summed E-state index contributed by atoms with van der Waals surface area (Å²) in [6.07, 6.45) is 3.51. The van der Waals surface area contributed by atoms with E-state index in [2.05, 4.69) is 31.4 Å². The summed E-state index contributed by atoms with van der Waals surface area (Å²) in [4.78, 5) is 4.01. The van der Waals surface area contributed by atoms with Gasteiger partial charge in [-0.3, -0.25) is 4.98 Å². The number of rotatable bonds is 3. The van der Waals surface area contributed by atoms with E-state index in [1.165, 1.54) is 0 Å². The van der Waals surface area contributed by atoms with E-state index in [0.29, 0.717) is 6.54 Å². The fourth-order valence-electron chi connectivity index (χ4n) is 1.46. The number of anilines is 1. The molecule has 0 atom stereocenters. The zero-order valence-electron chi connectivity index (χ0n) is 9.12. The molecule has 0 aliphatic rings. The number of pyridine rings is 1. The lowest BCUT2D eigenvalue weighted by Gasteiger charge is -2.07. The molecular formula is C11H12BrN3O. The van der Waals surface area contributed by atoms with Gasteiger partial charge in [0.15, 0.2) is 0 Å². The minimum absolute atomic E-state index is 0.698. The van der Waals surface area contributed by atoms with E-state index in [9.17, 15) is 0 Å². The van der Waals surface area contributed by atoms with Gasteiger partial charge in [0.25, 0.3) is 0 Å². The van der Waals surface area contributed by atoms with Gasteiger partial charge in [0, 0.05) is 24.5 Å². The number of nitrogens with zero attached hydrogens (tertiary/aromatic N) is 2. The quantitative estimate of drug-likeness (QED) is 0.940. The van der Waals surface area contributed by atoms with E-state index in [1.54, 1.807) is 12.4 Å². The molecule has 0 aromatic carbocycles. The predicted molar refractivity (Wildman–Crippen MR) is 65.2 cm³/mol. The second-order valence-electron chi connectivity index (χ2n) is 3.51. The van der Waals surface area contributed by atoms with Gasteiger partial charge in [-0.05, 0) is 35.8 Å². The Labute approximate surface area is 102 Å². The zero-order valence-corrected chi connectivity index (χ0v) is 10.7. The van der Waals surface area contributed by atoms with Crippen LogP contribution in [-0.4, -0.2) is 10.1 Å². The third-order valence-electron chi connectivity index (χ3n) is 2.41. The molecule has 4 nitrogen and oxygen atoms in total. The summed E-state index contributed by atoms with van der Waals surface area (Å²) in [5, 5.41) is 7.22. The van der Waals surface area contributed by atoms with Gasteiger partial charge in [0.2, 0.25) is 0 Å². The van der Waals surface area contributed by atoms with Crippen molar-refractivity contribution in [2.45, 2.75) is 20.4 Å². The second-order valence-corrected chi connectivity index (χ2v) is 4.37. The molecule has 0 radical (unpaired) electrons. The summed E-state index contributed by atoms with van der Waals surface area (Å²) in [5.41, 5.74) is 3.04. The summed E-state index contributed by atoms with van der Waals surface area (Å²) in [6, 6.07) is 1.92. The first kappa shape index (κ1) is 11.1. The van der Waals surface area contributed by atoms with Crippen LogP contribution in [0.25, 0.3) is 0 Å². The lowest BCUT2D eigenvalue weighted by atomic mass is 10.2. The monoisotopic (exact) mass is 281 g/mol. The number of hydrogen-bond acceptors (Lipinski definition) is 4. The van der Waals surface area contributed by atoms with Crippen LogP contribution in [0.4, 0.5) is 5.69 Å². The molecule has 0 bridgehead atoms. The van der Waals surface area contributed by atoms with Crippen molar-refractivity contribution >= 4 is 21.6 Å². The number of aromatic nitrogens is 2. The van der Waals surface area contributed by atoms with E-state index >= 15 is 0 Å². The van der Waals surface area contributed by atoms with Gasteiger partial charge in [-0.1, -0.05) is 5.16 Å². The highest BCUT2D eigenvalue weighted by Gasteiger charge is 2.08. The molecule has 0 unspecified atom stereocenters. The summed E-state index contributed by atoms with van der Waals surface area (Å²) < 4.78 is 6.05. The molecule has 1 N–H and O–H groups in total. The average Bonchev–Trinajstić information content (AvgIpc) is 2.58. The van der Waals surface area contributed by atoms with Crippen molar-refractivity contribution in [1.82, 2.24) is 10.1 Å². The normalized spacial score (nSPS) is 10.4. The Kier molecular flexibility index (Phi) is 3.24. The van der Waals surface area contributed by atoms with Crippen LogP contribution < -0.4 is 5.32 Å². The van der Waals surface area contributed by atoms with Crippen LogP contribution >= 0.6 is 15.9 Å². The summed E-state index contributed by atoms with van der Waals surface area (Å²) in [7, 11) is 0. The molecule has 2 heterocycles. The van der Waals surface area contributed by atoms with Crippen molar-refractivity contribution in [2.75, 3.05) is 5.32 Å². The van der Waals surface area contributed by atoms with Crippen molar-refractivity contribution in [3.8, 4) is 0 Å². The molecule has 16 heavy (non-hydrogen) atoms. The Hall–Kier alpha value is -1.36. The number of aryl methyl sites for hydroxylation is 2. The summed E-state index contributed by atoms with van der Waals surface area (Å²) >= 11 is 3.43. The van der Waals surface area contributed by atoms with Gasteiger partial charge in [-0.25, -0.2) is 0 Å². The van der Waals surface area contributed by atoms with Gasteiger partial charge >= 0.3 is 0 Å². The summed E-state index contributed by atoms with van der Waals surface area (Å²) in [6.45, 7) is 4.55. The van der Waals surface area contributed by atoms with Gasteiger partial charge in [-0.2, -0.15) is 0 Å². The highest BCUT2D eigenvalue weighted by molar-refractivity contribution is 9.10. The molecule has 2 aromatic heterocycles. The Morgan fingerprint density at radius 1 is 1.44 bits per heavy atom. The highest BCUT2D eigenvalue weighted by Crippen LogP contribution is 2.21. The van der Waals surface area contributed by atoms with Gasteiger partial charge in [-0.15, -0.1) is 0 Å². The number of halogens is 1. The van der Waals surface area contributed by atoms with Crippen LogP contribution in [0.5, 0.6) is 0 Å². The van der Waals surface area contributed by atoms with Crippen molar-refractivity contribution in [2.24, 2.45) is 0 Å². The Balaban J connectivity index is 2.11. The molecule has 0 fully saturated rings. The minimum atomic E-state index is 0.698. The first-order chi connectivity index (χ1) is 7.68. The third kappa shape index (κ3) is 2.24. The third-order valence-corrected chi connectivity index (χ3v) is 3.04. The highest BCUT2D eigenvalue weighted by atomic mass is 79.9. The molecule has 0 amide bonds. The van der Waals surface area contributed by atoms with Crippen molar-refractivity contribution in [3.63, 3.8) is 0 Å². The smallest absolute Gasteiger partial charge is 0.138 e. The van der Waals surface area contributed by atoms with Crippen LogP contribution in [-0.2, 0) is 6.54 Å². The number of hydrogen-bond donors (Lipinski definition) is 1. The molecule has 84 valence electrons. The maximum Gasteiger partial charge on any atom is 0.138 e. The van der Waals surface area contributed by atoms with E-state index in [-0.39, 0.29) is 0 Å². The fraction of sp³-hybridized carbons (Fsp3) is 0.273. The molecule has 0 aliphatic carbocycles. The topological polar surface area (TPSA) is 51.0 Å². The molecule has 2 rings (SSSR count). The maximum atomic E-state index is 5.10. The van der Waals surface area contributed by atoms with Crippen LogP contribution in [0, 0.1) is 13.8 Å². The summed E-state index contributed by atoms with van der Waals surface area (Å²) in [5.74, 6) is 0.857. The molecule has 0 spiro atoms. The van der Waals surface area contributed by atoms with Crippen LogP contribution in [0.2, 0.25) is 0 Å². The van der Waals surface area contributed by atoms with Crippen molar-refractivity contribution in [3.05, 3.63) is 40.0 Å². The van der Waals surface area contributed by atoms with Crippen LogP contribution in [0.1, 0.15) is 17.0 Å². The van der Waals surface area contributed by atoms with Gasteiger partial charge in [0.1, 0.15) is 5.76 Å². The first-order valence-corrected chi connectivity index (χ1v) is 5.73. The lowest BCUT2D eigenvalue weighted by molar-refractivity contribution is 0.392. The molecular weight excluding hydrogens is 270 g/mol. The SMILES string of the molecule is Cc1noc(C)c1CNc1ccncc1Br. The molecule has 0 aliphatic heterocycles. The molecule has 5 heteroatoms. The molecule has 0 saturated heterocycles. The van der Waals surface area contributed by atoms with E-state index < -0.39 is 0 Å².